The van der Waals surface area contributed by atoms with E-state index in [-0.39, 0.29) is 12.8 Å². The number of ether oxygens (including phenoxy) is 1. The highest BCUT2D eigenvalue weighted by atomic mass is 16.5. The number of carbonyl (C=O) groups is 3. The van der Waals surface area contributed by atoms with Crippen molar-refractivity contribution in [3.8, 4) is 0 Å². The van der Waals surface area contributed by atoms with E-state index in [0.29, 0.717) is 0 Å². The summed E-state index contributed by atoms with van der Waals surface area (Å²) in [5, 5.41) is 16.5. The molecule has 0 saturated carbocycles. The van der Waals surface area contributed by atoms with E-state index in [9.17, 15) is 14.4 Å². The Morgan fingerprint density at radius 1 is 1.29 bits per heavy atom. The van der Waals surface area contributed by atoms with Gasteiger partial charge in [-0.1, -0.05) is 0 Å². The summed E-state index contributed by atoms with van der Waals surface area (Å²) >= 11 is 0. The molecule has 0 heterocycles. The Morgan fingerprint density at radius 2 is 1.86 bits per heavy atom. The van der Waals surface area contributed by atoms with Gasteiger partial charge in [-0.15, -0.1) is 0 Å². The SMILES string of the molecule is N[C@@H](CCC(=O)OCC(=O)O)C(=O)O. The highest BCUT2D eigenvalue weighted by Crippen LogP contribution is 1.97. The molecule has 0 fully saturated rings. The number of carbonyl (C=O) groups excluding carboxylic acids is 1. The quantitative estimate of drug-likeness (QED) is 0.465. The van der Waals surface area contributed by atoms with Crippen molar-refractivity contribution in [2.45, 2.75) is 18.9 Å². The molecule has 0 rings (SSSR count). The lowest BCUT2D eigenvalue weighted by Gasteiger charge is -2.05. The number of rotatable bonds is 6. The molecule has 0 aliphatic heterocycles. The highest BCUT2D eigenvalue weighted by Gasteiger charge is 2.14. The molecule has 0 aromatic heterocycles. The highest BCUT2D eigenvalue weighted by molar-refractivity contribution is 5.77. The molecule has 0 aromatic carbocycles. The van der Waals surface area contributed by atoms with Gasteiger partial charge in [0, 0.05) is 6.42 Å². The van der Waals surface area contributed by atoms with Crippen molar-refractivity contribution in [1.82, 2.24) is 0 Å². The molecular formula is C7H11NO6. The first kappa shape index (κ1) is 12.4. The monoisotopic (exact) mass is 205 g/mol. The van der Waals surface area contributed by atoms with Crippen molar-refractivity contribution in [2.24, 2.45) is 5.73 Å². The zero-order valence-electron chi connectivity index (χ0n) is 7.30. The van der Waals surface area contributed by atoms with Crippen LogP contribution in [0.2, 0.25) is 0 Å². The first-order chi connectivity index (χ1) is 6.43. The standard InChI is InChI=1S/C7H11NO6/c8-4(7(12)13)1-2-6(11)14-3-5(9)10/h4H,1-3,8H2,(H,9,10)(H,12,13)/t4-/m0/s1. The Balaban J connectivity index is 3.64. The summed E-state index contributed by atoms with van der Waals surface area (Å²) in [6, 6.07) is -1.13. The summed E-state index contributed by atoms with van der Waals surface area (Å²) in [5.74, 6) is -3.25. The predicted molar refractivity (Wildman–Crippen MR) is 43.4 cm³/mol. The van der Waals surface area contributed by atoms with Crippen molar-refractivity contribution >= 4 is 17.9 Å². The molecule has 0 amide bonds. The third-order valence-electron chi connectivity index (χ3n) is 1.33. The lowest BCUT2D eigenvalue weighted by molar-refractivity contribution is -0.155. The van der Waals surface area contributed by atoms with Crippen LogP contribution in [0, 0.1) is 0 Å². The molecule has 1 atom stereocenters. The average molecular weight is 205 g/mol. The molecular weight excluding hydrogens is 194 g/mol. The van der Waals surface area contributed by atoms with Gasteiger partial charge in [0.1, 0.15) is 6.04 Å². The van der Waals surface area contributed by atoms with Crippen LogP contribution in [-0.2, 0) is 19.1 Å². The van der Waals surface area contributed by atoms with Gasteiger partial charge in [-0.05, 0) is 6.42 Å². The van der Waals surface area contributed by atoms with Crippen molar-refractivity contribution < 1.29 is 29.3 Å². The number of carboxylic acids is 2. The van der Waals surface area contributed by atoms with Crippen LogP contribution in [0.1, 0.15) is 12.8 Å². The third kappa shape index (κ3) is 5.95. The largest absolute Gasteiger partial charge is 0.480 e. The minimum absolute atomic E-state index is 0.0756. The Kier molecular flexibility index (Phi) is 5.23. The van der Waals surface area contributed by atoms with Crippen molar-refractivity contribution in [2.75, 3.05) is 6.61 Å². The maximum Gasteiger partial charge on any atom is 0.341 e. The topological polar surface area (TPSA) is 127 Å². The molecule has 4 N–H and O–H groups in total. The van der Waals surface area contributed by atoms with E-state index < -0.39 is 30.6 Å². The van der Waals surface area contributed by atoms with E-state index >= 15 is 0 Å². The van der Waals surface area contributed by atoms with Crippen LogP contribution in [0.5, 0.6) is 0 Å². The molecule has 0 spiro atoms. The Morgan fingerprint density at radius 3 is 2.29 bits per heavy atom. The number of hydrogen-bond acceptors (Lipinski definition) is 5. The van der Waals surface area contributed by atoms with Gasteiger partial charge in [-0.25, -0.2) is 4.79 Å². The molecule has 0 aliphatic rings. The van der Waals surface area contributed by atoms with Gasteiger partial charge in [-0.2, -0.15) is 0 Å². The minimum atomic E-state index is -1.26. The van der Waals surface area contributed by atoms with Crippen LogP contribution in [0.4, 0.5) is 0 Å². The molecule has 0 bridgehead atoms. The van der Waals surface area contributed by atoms with Crippen LogP contribution in [0.3, 0.4) is 0 Å². The average Bonchev–Trinajstić information content (AvgIpc) is 2.10. The van der Waals surface area contributed by atoms with Gasteiger partial charge in [0.2, 0.25) is 0 Å². The van der Waals surface area contributed by atoms with Crippen LogP contribution < -0.4 is 5.73 Å². The zero-order chi connectivity index (χ0) is 11.1. The van der Waals surface area contributed by atoms with Crippen LogP contribution >= 0.6 is 0 Å². The number of nitrogens with two attached hydrogens (primary N) is 1. The number of aliphatic carboxylic acids is 2. The van der Waals surface area contributed by atoms with E-state index in [1.165, 1.54) is 0 Å². The summed E-state index contributed by atoms with van der Waals surface area (Å²) in [4.78, 5) is 30.9. The second kappa shape index (κ2) is 5.92. The van der Waals surface area contributed by atoms with Crippen LogP contribution in [0.25, 0.3) is 0 Å². The van der Waals surface area contributed by atoms with Crippen molar-refractivity contribution in [3.05, 3.63) is 0 Å². The molecule has 0 aromatic rings. The lowest BCUT2D eigenvalue weighted by atomic mass is 10.2. The molecule has 0 aliphatic carbocycles. The van der Waals surface area contributed by atoms with Gasteiger partial charge >= 0.3 is 17.9 Å². The molecule has 80 valence electrons. The lowest BCUT2D eigenvalue weighted by Crippen LogP contribution is -2.30. The van der Waals surface area contributed by atoms with Gasteiger partial charge in [0.15, 0.2) is 6.61 Å². The van der Waals surface area contributed by atoms with Crippen molar-refractivity contribution in [3.63, 3.8) is 0 Å². The van der Waals surface area contributed by atoms with E-state index in [1.54, 1.807) is 0 Å². The fourth-order valence-electron chi connectivity index (χ4n) is 0.611. The molecule has 14 heavy (non-hydrogen) atoms. The van der Waals surface area contributed by atoms with E-state index in [1.807, 2.05) is 0 Å². The van der Waals surface area contributed by atoms with Gasteiger partial charge in [-0.3, -0.25) is 9.59 Å². The third-order valence-corrected chi connectivity index (χ3v) is 1.33. The molecule has 7 heteroatoms. The zero-order valence-corrected chi connectivity index (χ0v) is 7.30. The first-order valence-corrected chi connectivity index (χ1v) is 3.79. The summed E-state index contributed by atoms with van der Waals surface area (Å²) in [6.07, 6.45) is -0.283. The van der Waals surface area contributed by atoms with E-state index in [2.05, 4.69) is 4.74 Å². The fraction of sp³-hybridized carbons (Fsp3) is 0.571. The van der Waals surface area contributed by atoms with Crippen molar-refractivity contribution in [1.29, 1.82) is 0 Å². The van der Waals surface area contributed by atoms with E-state index in [0.717, 1.165) is 0 Å². The summed E-state index contributed by atoms with van der Waals surface area (Å²) in [5.41, 5.74) is 5.10. The Hall–Kier alpha value is -1.63. The second-order valence-corrected chi connectivity index (χ2v) is 2.54. The van der Waals surface area contributed by atoms with Crippen LogP contribution in [0.15, 0.2) is 0 Å². The maximum absolute atomic E-state index is 10.7. The summed E-state index contributed by atoms with van der Waals surface area (Å²) in [7, 11) is 0. The molecule has 0 radical (unpaired) electrons. The summed E-state index contributed by atoms with van der Waals surface area (Å²) in [6.45, 7) is -0.721. The predicted octanol–water partition coefficient (Wildman–Crippen LogP) is -1.19. The smallest absolute Gasteiger partial charge is 0.341 e. The minimum Gasteiger partial charge on any atom is -0.480 e. The summed E-state index contributed by atoms with van der Waals surface area (Å²) < 4.78 is 4.25. The fourth-order valence-corrected chi connectivity index (χ4v) is 0.611. The van der Waals surface area contributed by atoms with Crippen LogP contribution in [-0.4, -0.2) is 40.8 Å². The molecule has 0 unspecified atom stereocenters. The van der Waals surface area contributed by atoms with Gasteiger partial charge in [0.25, 0.3) is 0 Å². The Bertz CT molecular complexity index is 238. The number of hydrogen-bond donors (Lipinski definition) is 3. The van der Waals surface area contributed by atoms with E-state index in [4.69, 9.17) is 15.9 Å². The molecule has 0 saturated heterocycles. The maximum atomic E-state index is 10.7. The number of esters is 1. The normalized spacial score (nSPS) is 11.8. The number of carboxylic acid groups (broad SMARTS) is 2. The second-order valence-electron chi connectivity index (χ2n) is 2.54. The first-order valence-electron chi connectivity index (χ1n) is 3.79. The van der Waals surface area contributed by atoms with Gasteiger partial charge in [0.05, 0.1) is 0 Å². The van der Waals surface area contributed by atoms with Gasteiger partial charge < -0.3 is 20.7 Å². The molecule has 7 nitrogen and oxygen atoms in total. The Labute approximate surface area is 79.5 Å².